The molecule has 3 nitrogen and oxygen atoms in total. The Labute approximate surface area is 139 Å². The summed E-state index contributed by atoms with van der Waals surface area (Å²) in [5, 5.41) is 0. The Morgan fingerprint density at radius 3 is 2.45 bits per heavy atom. The maximum atomic E-state index is 12.0. The highest BCUT2D eigenvalue weighted by Crippen LogP contribution is 2.27. The van der Waals surface area contributed by atoms with E-state index in [1.807, 2.05) is 50.2 Å². The van der Waals surface area contributed by atoms with Crippen molar-refractivity contribution in [3.05, 3.63) is 57.6 Å². The van der Waals surface area contributed by atoms with E-state index in [4.69, 9.17) is 9.47 Å². The topological polar surface area (TPSA) is 35.5 Å². The van der Waals surface area contributed by atoms with Gasteiger partial charge in [0, 0.05) is 4.47 Å². The van der Waals surface area contributed by atoms with Crippen molar-refractivity contribution in [1.82, 2.24) is 0 Å². The Balaban J connectivity index is 1.99. The van der Waals surface area contributed by atoms with Crippen LogP contribution in [0.15, 0.2) is 40.9 Å². The van der Waals surface area contributed by atoms with Gasteiger partial charge in [0.05, 0.1) is 0 Å². The van der Waals surface area contributed by atoms with Crippen LogP contribution < -0.4 is 9.47 Å². The molecule has 0 aromatic heterocycles. The lowest BCUT2D eigenvalue weighted by Crippen LogP contribution is -2.18. The lowest BCUT2D eigenvalue weighted by Gasteiger charge is -2.12. The first kappa shape index (κ1) is 16.6. The molecule has 2 aromatic carbocycles. The highest BCUT2D eigenvalue weighted by Gasteiger charge is 2.12. The molecule has 0 fully saturated rings. The second kappa shape index (κ2) is 7.45. The summed E-state index contributed by atoms with van der Waals surface area (Å²) in [5.41, 5.74) is 2.99. The number of hydrogen-bond donors (Lipinski definition) is 0. The van der Waals surface area contributed by atoms with Gasteiger partial charge < -0.3 is 9.47 Å². The number of aryl methyl sites for hydroxylation is 3. The molecule has 0 unspecified atom stereocenters. The first-order valence-electron chi connectivity index (χ1n) is 7.18. The maximum Gasteiger partial charge on any atom is 0.349 e. The highest BCUT2D eigenvalue weighted by molar-refractivity contribution is 9.10. The van der Waals surface area contributed by atoms with Gasteiger partial charge in [-0.05, 0) is 61.2 Å². The van der Waals surface area contributed by atoms with Crippen molar-refractivity contribution in [3.8, 4) is 11.5 Å². The molecule has 0 saturated heterocycles. The molecule has 2 rings (SSSR count). The zero-order valence-corrected chi connectivity index (χ0v) is 14.6. The van der Waals surface area contributed by atoms with Gasteiger partial charge in [0.1, 0.15) is 11.5 Å². The number of rotatable bonds is 5. The van der Waals surface area contributed by atoms with E-state index in [-0.39, 0.29) is 6.61 Å². The van der Waals surface area contributed by atoms with E-state index >= 15 is 0 Å². The van der Waals surface area contributed by atoms with Gasteiger partial charge in [-0.1, -0.05) is 35.0 Å². The van der Waals surface area contributed by atoms with Crippen molar-refractivity contribution in [1.29, 1.82) is 0 Å². The van der Waals surface area contributed by atoms with E-state index in [2.05, 4.69) is 22.9 Å². The summed E-state index contributed by atoms with van der Waals surface area (Å²) < 4.78 is 11.9. The van der Waals surface area contributed by atoms with E-state index in [0.29, 0.717) is 11.5 Å². The number of benzene rings is 2. The fourth-order valence-corrected chi connectivity index (χ4v) is 2.89. The summed E-state index contributed by atoms with van der Waals surface area (Å²) in [6.45, 7) is 5.78. The number of carbonyl (C=O) groups is 1. The molecule has 0 aliphatic heterocycles. The molecular weight excluding hydrogens is 344 g/mol. The number of esters is 1. The van der Waals surface area contributed by atoms with Crippen molar-refractivity contribution >= 4 is 21.9 Å². The predicted molar refractivity (Wildman–Crippen MR) is 90.6 cm³/mol. The molecule has 22 heavy (non-hydrogen) atoms. The first-order valence-corrected chi connectivity index (χ1v) is 7.98. The third-order valence-corrected chi connectivity index (χ3v) is 3.76. The van der Waals surface area contributed by atoms with Gasteiger partial charge in [0.15, 0.2) is 6.61 Å². The van der Waals surface area contributed by atoms with Crippen LogP contribution in [0.2, 0.25) is 0 Å². The van der Waals surface area contributed by atoms with Crippen LogP contribution in [0.25, 0.3) is 0 Å². The van der Waals surface area contributed by atoms with Crippen LogP contribution in [-0.4, -0.2) is 12.6 Å². The van der Waals surface area contributed by atoms with Gasteiger partial charge in [0.2, 0.25) is 0 Å². The molecule has 0 radical (unpaired) electrons. The van der Waals surface area contributed by atoms with Crippen LogP contribution in [0.3, 0.4) is 0 Å². The van der Waals surface area contributed by atoms with Crippen LogP contribution in [0.5, 0.6) is 11.5 Å². The van der Waals surface area contributed by atoms with Gasteiger partial charge in [-0.2, -0.15) is 0 Å². The minimum atomic E-state index is -0.407. The van der Waals surface area contributed by atoms with Crippen molar-refractivity contribution in [3.63, 3.8) is 0 Å². The maximum absolute atomic E-state index is 12.0. The van der Waals surface area contributed by atoms with Crippen molar-refractivity contribution in [2.45, 2.75) is 27.2 Å². The molecule has 0 heterocycles. The molecule has 0 aliphatic rings. The standard InChI is InChI=1S/C18H19BrO3/c1-4-14-6-5-7-16(10-14)21-11-17(20)22-18-12(2)8-15(19)9-13(18)3/h5-10H,4,11H2,1-3H3. The fraction of sp³-hybridized carbons (Fsp3) is 0.278. The summed E-state index contributed by atoms with van der Waals surface area (Å²) in [4.78, 5) is 12.0. The Bertz CT molecular complexity index is 657. The van der Waals surface area contributed by atoms with E-state index in [1.165, 1.54) is 5.56 Å². The summed E-state index contributed by atoms with van der Waals surface area (Å²) in [6, 6.07) is 11.6. The summed E-state index contributed by atoms with van der Waals surface area (Å²) in [5.74, 6) is 0.870. The van der Waals surface area contributed by atoms with Crippen molar-refractivity contribution in [2.75, 3.05) is 6.61 Å². The molecular formula is C18H19BrO3. The molecule has 0 N–H and O–H groups in total. The Morgan fingerprint density at radius 2 is 1.82 bits per heavy atom. The number of halogens is 1. The van der Waals surface area contributed by atoms with Crippen LogP contribution in [0.1, 0.15) is 23.6 Å². The van der Waals surface area contributed by atoms with Gasteiger partial charge in [-0.25, -0.2) is 4.79 Å². The molecule has 116 valence electrons. The molecule has 0 aliphatic carbocycles. The van der Waals surface area contributed by atoms with Crippen LogP contribution in [0, 0.1) is 13.8 Å². The molecule has 0 amide bonds. The van der Waals surface area contributed by atoms with Crippen LogP contribution in [-0.2, 0) is 11.2 Å². The SMILES string of the molecule is CCc1cccc(OCC(=O)Oc2c(C)cc(Br)cc2C)c1. The fourth-order valence-electron chi connectivity index (χ4n) is 2.20. The highest BCUT2D eigenvalue weighted by atomic mass is 79.9. The lowest BCUT2D eigenvalue weighted by atomic mass is 10.1. The zero-order chi connectivity index (χ0) is 16.1. The minimum absolute atomic E-state index is 0.109. The zero-order valence-electron chi connectivity index (χ0n) is 13.0. The van der Waals surface area contributed by atoms with E-state index in [9.17, 15) is 4.79 Å². The monoisotopic (exact) mass is 362 g/mol. The van der Waals surface area contributed by atoms with Crippen LogP contribution in [0.4, 0.5) is 0 Å². The Morgan fingerprint density at radius 1 is 1.14 bits per heavy atom. The Kier molecular flexibility index (Phi) is 5.61. The third-order valence-electron chi connectivity index (χ3n) is 3.30. The number of ether oxygens (including phenoxy) is 2. The second-order valence-corrected chi connectivity index (χ2v) is 6.05. The normalized spacial score (nSPS) is 10.4. The predicted octanol–water partition coefficient (Wildman–Crippen LogP) is 4.61. The van der Waals surface area contributed by atoms with Gasteiger partial charge in [0.25, 0.3) is 0 Å². The molecule has 0 atom stereocenters. The largest absolute Gasteiger partial charge is 0.482 e. The summed E-state index contributed by atoms with van der Waals surface area (Å²) in [7, 11) is 0. The van der Waals surface area contributed by atoms with Gasteiger partial charge in [-0.3, -0.25) is 0 Å². The van der Waals surface area contributed by atoms with E-state index < -0.39 is 5.97 Å². The molecule has 0 saturated carbocycles. The van der Waals surface area contributed by atoms with Crippen molar-refractivity contribution in [2.24, 2.45) is 0 Å². The average molecular weight is 363 g/mol. The van der Waals surface area contributed by atoms with Gasteiger partial charge >= 0.3 is 5.97 Å². The van der Waals surface area contributed by atoms with E-state index in [1.54, 1.807) is 0 Å². The molecule has 0 spiro atoms. The summed E-state index contributed by atoms with van der Waals surface area (Å²) >= 11 is 3.42. The van der Waals surface area contributed by atoms with Gasteiger partial charge in [-0.15, -0.1) is 0 Å². The van der Waals surface area contributed by atoms with E-state index in [0.717, 1.165) is 22.0 Å². The average Bonchev–Trinajstić information content (AvgIpc) is 2.49. The molecule has 2 aromatic rings. The summed E-state index contributed by atoms with van der Waals surface area (Å²) in [6.07, 6.45) is 0.929. The smallest absolute Gasteiger partial charge is 0.349 e. The first-order chi connectivity index (χ1) is 10.5. The lowest BCUT2D eigenvalue weighted by molar-refractivity contribution is -0.136. The Hall–Kier alpha value is -1.81. The molecule has 4 heteroatoms. The minimum Gasteiger partial charge on any atom is -0.482 e. The van der Waals surface area contributed by atoms with Crippen molar-refractivity contribution < 1.29 is 14.3 Å². The number of hydrogen-bond acceptors (Lipinski definition) is 3. The quantitative estimate of drug-likeness (QED) is 0.575. The molecule has 0 bridgehead atoms. The number of carbonyl (C=O) groups excluding carboxylic acids is 1. The third kappa shape index (κ3) is 4.34. The second-order valence-electron chi connectivity index (χ2n) is 5.13. The van der Waals surface area contributed by atoms with Crippen LogP contribution >= 0.6 is 15.9 Å².